The average molecular weight is 943 g/mol. The van der Waals surface area contributed by atoms with Gasteiger partial charge in [0.2, 0.25) is 5.71 Å². The molecule has 5 aromatic heterocycles. The first-order valence-corrected chi connectivity index (χ1v) is 25.2. The van der Waals surface area contributed by atoms with Crippen LogP contribution in [0.4, 0.5) is 0 Å². The van der Waals surface area contributed by atoms with Gasteiger partial charge in [0.15, 0.2) is 0 Å². The second kappa shape index (κ2) is 15.6. The molecule has 9 aromatic rings. The summed E-state index contributed by atoms with van der Waals surface area (Å²) in [5.41, 5.74) is 11.8. The van der Waals surface area contributed by atoms with E-state index < -0.39 is 13.3 Å². The van der Waals surface area contributed by atoms with E-state index in [1.165, 1.54) is 15.5 Å². The number of hydrogen-bond acceptors (Lipinski definition) is 5. The fourth-order valence-electron chi connectivity index (χ4n) is 6.74. The van der Waals surface area contributed by atoms with Gasteiger partial charge in [0.1, 0.15) is 0 Å². The summed E-state index contributed by atoms with van der Waals surface area (Å²) in [5, 5.41) is 2.00. The first-order chi connectivity index (χ1) is 25.7. The van der Waals surface area contributed by atoms with Crippen LogP contribution in [0.5, 0.6) is 0 Å². The van der Waals surface area contributed by atoms with E-state index in [9.17, 15) is 0 Å². The van der Waals surface area contributed by atoms with Gasteiger partial charge in [-0.3, -0.25) is 9.97 Å². The molecule has 0 fully saturated rings. The second-order valence-electron chi connectivity index (χ2n) is 14.4. The van der Waals surface area contributed by atoms with Gasteiger partial charge in [0.25, 0.3) is 0 Å². The maximum atomic E-state index is 6.02. The summed E-state index contributed by atoms with van der Waals surface area (Å²) < 4.78 is 9.63. The Bertz CT molecular complexity index is 2700. The van der Waals surface area contributed by atoms with Crippen LogP contribution in [0, 0.1) is 26.0 Å². The van der Waals surface area contributed by atoms with Gasteiger partial charge in [-0.25, -0.2) is 4.98 Å². The number of fused-ring (bicyclic) bond motifs is 4. The summed E-state index contributed by atoms with van der Waals surface area (Å²) in [6, 6.07) is 48.1. The summed E-state index contributed by atoms with van der Waals surface area (Å²) in [4.78, 5) is 18.7. The third kappa shape index (κ3) is 7.71. The zero-order valence-electron chi connectivity index (χ0n) is 30.9. The van der Waals surface area contributed by atoms with Gasteiger partial charge >= 0.3 is 142 Å². The van der Waals surface area contributed by atoms with Crippen LogP contribution in [0.25, 0.3) is 61.4 Å². The summed E-state index contributed by atoms with van der Waals surface area (Å²) >= 11 is -1.96. The number of pyridine rings is 3. The zero-order chi connectivity index (χ0) is 36.5. The summed E-state index contributed by atoms with van der Waals surface area (Å²) in [6.45, 7) is 3.93. The van der Waals surface area contributed by atoms with Crippen molar-refractivity contribution in [2.45, 2.75) is 37.5 Å². The third-order valence-corrected chi connectivity index (χ3v) is 13.7. The minimum atomic E-state index is -1.96. The van der Waals surface area contributed by atoms with Gasteiger partial charge in [-0.15, -0.1) is 17.7 Å². The summed E-state index contributed by atoms with van der Waals surface area (Å²) in [6.07, 6.45) is 4.97. The Kier molecular flexibility index (Phi) is 10.8. The van der Waals surface area contributed by atoms with Crippen LogP contribution in [0.2, 0.25) is 17.3 Å². The van der Waals surface area contributed by atoms with E-state index in [1.807, 2.05) is 80.7 Å². The molecule has 0 N–H and O–H groups in total. The molecule has 4 aromatic carbocycles. The average Bonchev–Trinajstić information content (AvgIpc) is 3.73. The molecule has 0 saturated heterocycles. The molecule has 9 rings (SSSR count). The van der Waals surface area contributed by atoms with Gasteiger partial charge in [-0.1, -0.05) is 35.7 Å². The van der Waals surface area contributed by atoms with Crippen molar-refractivity contribution in [3.8, 4) is 28.3 Å². The maximum absolute atomic E-state index is 6.02. The summed E-state index contributed by atoms with van der Waals surface area (Å²) in [7, 11) is 0. The van der Waals surface area contributed by atoms with E-state index >= 15 is 0 Å². The van der Waals surface area contributed by atoms with Gasteiger partial charge in [-0.05, 0) is 38.1 Å². The van der Waals surface area contributed by atoms with Crippen molar-refractivity contribution in [2.24, 2.45) is 0 Å². The molecule has 0 atom stereocenters. The molecule has 54 heavy (non-hydrogen) atoms. The molecule has 8 heteroatoms. The van der Waals surface area contributed by atoms with Crippen molar-refractivity contribution in [1.82, 2.24) is 24.5 Å². The molecule has 6 nitrogen and oxygen atoms in total. The predicted octanol–water partition coefficient (Wildman–Crippen LogP) is 10.5. The standard InChI is InChI=1S/C25H17N4O.C21H22GeN.Ir/c1-15-8-10-20-19-11-9-17(13-23(19)30-25(20)27-15)24-28-21-12-16(2)26-14-22(21)29(24)18-6-4-3-5-7-18;1-22(2,3)20-16-23-21(18-12-8-5-9-13-18)15-19(20)14-17-10-6-4-7-11-17;/h3-12,14H,1-2H3;4-12,15-16H,14H2,1-3H3;/q2*-1;. The number of imidazole rings is 1. The van der Waals surface area contributed by atoms with Crippen molar-refractivity contribution in [3.05, 3.63) is 168 Å². The molecule has 0 spiro atoms. The molecule has 0 saturated carbocycles. The number of benzene rings is 4. The van der Waals surface area contributed by atoms with Crippen molar-refractivity contribution < 1.29 is 24.5 Å². The fourth-order valence-corrected chi connectivity index (χ4v) is 10.0. The number of aryl methyl sites for hydroxylation is 2. The number of nitrogens with zero attached hydrogens (tertiary/aromatic N) is 5. The Morgan fingerprint density at radius 2 is 1.44 bits per heavy atom. The van der Waals surface area contributed by atoms with Crippen molar-refractivity contribution in [3.63, 3.8) is 0 Å². The molecular weight excluding hydrogens is 903 g/mol. The Balaban J connectivity index is 0.000000170. The van der Waals surface area contributed by atoms with E-state index in [-0.39, 0.29) is 20.1 Å². The smallest absolute Gasteiger partial charge is 0 e. The van der Waals surface area contributed by atoms with Crippen LogP contribution in [0.3, 0.4) is 0 Å². The van der Waals surface area contributed by atoms with Crippen molar-refractivity contribution in [1.29, 1.82) is 0 Å². The molecule has 1 radical (unpaired) electrons. The largest absolute Gasteiger partial charge is 0 e. The quantitative estimate of drug-likeness (QED) is 0.123. The van der Waals surface area contributed by atoms with Gasteiger partial charge < -0.3 is 8.98 Å². The molecule has 0 aliphatic heterocycles. The second-order valence-corrected chi connectivity index (χ2v) is 24.9. The number of furan rings is 1. The molecule has 269 valence electrons. The molecule has 0 amide bonds. The molecule has 0 bridgehead atoms. The van der Waals surface area contributed by atoms with Crippen molar-refractivity contribution >= 4 is 50.8 Å². The van der Waals surface area contributed by atoms with Crippen LogP contribution in [-0.4, -0.2) is 37.8 Å². The summed E-state index contributed by atoms with van der Waals surface area (Å²) in [5.74, 6) is 8.09. The number of hydrogen-bond donors (Lipinski definition) is 0. The first-order valence-electron chi connectivity index (χ1n) is 17.8. The molecular formula is C46H39GeIrN5O-2. The van der Waals surface area contributed by atoms with Crippen molar-refractivity contribution in [2.75, 3.05) is 0 Å². The van der Waals surface area contributed by atoms with E-state index in [2.05, 4.69) is 111 Å². The van der Waals surface area contributed by atoms with E-state index in [0.717, 1.165) is 67.9 Å². The Morgan fingerprint density at radius 1 is 0.704 bits per heavy atom. The minimum absolute atomic E-state index is 0. The number of rotatable bonds is 6. The molecule has 0 unspecified atom stereocenters. The van der Waals surface area contributed by atoms with Gasteiger partial charge in [-0.2, -0.15) is 0 Å². The van der Waals surface area contributed by atoms with Crippen LogP contribution in [-0.2, 0) is 26.5 Å². The van der Waals surface area contributed by atoms with Crippen LogP contribution in [0.1, 0.15) is 22.5 Å². The Labute approximate surface area is 332 Å². The zero-order valence-corrected chi connectivity index (χ0v) is 35.4. The van der Waals surface area contributed by atoms with Gasteiger partial charge in [0.05, 0.1) is 28.6 Å². The molecule has 0 aliphatic carbocycles. The third-order valence-electron chi connectivity index (χ3n) is 9.35. The first kappa shape index (κ1) is 37.1. The Hall–Kier alpha value is -5.21. The van der Waals surface area contributed by atoms with Crippen LogP contribution >= 0.6 is 0 Å². The van der Waals surface area contributed by atoms with Gasteiger partial charge in [0, 0.05) is 42.6 Å². The maximum Gasteiger partial charge on any atom is 0 e. The van der Waals surface area contributed by atoms with E-state index in [1.54, 1.807) is 0 Å². The normalized spacial score (nSPS) is 11.4. The fraction of sp³-hybridized carbons (Fsp3) is 0.130. The molecule has 0 aliphatic rings. The number of para-hydroxylation sites is 1. The van der Waals surface area contributed by atoms with Crippen LogP contribution in [0.15, 0.2) is 138 Å². The number of aromatic nitrogens is 5. The van der Waals surface area contributed by atoms with E-state index in [4.69, 9.17) is 14.4 Å². The molecule has 5 heterocycles. The SMILES string of the molecule is Cc1cc2nc(-c3[c-]c4oc5nc(C)ccc5c4cc3)n(-c3ccccc3)c2cn1.[CH3][Ge]([CH3])([CH3])[c]1cnc(-c2[c-]cccc2)cc1Cc1ccccc1.[Ir]. The minimum Gasteiger partial charge on any atom is 0 e. The predicted molar refractivity (Wildman–Crippen MR) is 218 cm³/mol. The van der Waals surface area contributed by atoms with Crippen LogP contribution < -0.4 is 4.40 Å². The topological polar surface area (TPSA) is 69.6 Å². The monoisotopic (exact) mass is 944 g/mol. The van der Waals surface area contributed by atoms with E-state index in [0.29, 0.717) is 11.3 Å². The Morgan fingerprint density at radius 3 is 2.19 bits per heavy atom.